The van der Waals surface area contributed by atoms with E-state index in [2.05, 4.69) is 4.98 Å². The number of fused-ring (bicyclic) bond motifs is 1. The zero-order chi connectivity index (χ0) is 20.1. The maximum Gasteiger partial charge on any atom is 0.434 e. The van der Waals surface area contributed by atoms with Crippen molar-refractivity contribution in [1.29, 1.82) is 0 Å². The fourth-order valence-electron chi connectivity index (χ4n) is 2.75. The second-order valence-corrected chi connectivity index (χ2v) is 7.49. The molecule has 0 aliphatic carbocycles. The Morgan fingerprint density at radius 2 is 1.71 bits per heavy atom. The van der Waals surface area contributed by atoms with Crippen LogP contribution < -0.4 is 14.6 Å². The van der Waals surface area contributed by atoms with Crippen LogP contribution in [0.2, 0.25) is 0 Å². The van der Waals surface area contributed by atoms with E-state index in [4.69, 9.17) is 14.6 Å². The molecule has 0 atom stereocenters. The standard InChI is InChI=1S/C17H12F3N3O4S/c18-17(19,20)15-8-23(11-2-4-12(5-3-11)28(21,24)25)16(22-15)10-1-6-13-14(7-10)27-9-26-13/h1-8H,9H2,(H2,21,24,25). The number of aromatic nitrogens is 2. The number of hydrogen-bond acceptors (Lipinski definition) is 5. The molecule has 0 radical (unpaired) electrons. The quantitative estimate of drug-likeness (QED) is 0.715. The summed E-state index contributed by atoms with van der Waals surface area (Å²) in [5, 5.41) is 5.06. The number of sulfonamides is 1. The Kier molecular flexibility index (Phi) is 4.08. The smallest absolute Gasteiger partial charge is 0.434 e. The molecule has 1 aromatic heterocycles. The molecule has 0 amide bonds. The average molecular weight is 411 g/mol. The topological polar surface area (TPSA) is 96.4 Å². The molecule has 0 fully saturated rings. The van der Waals surface area contributed by atoms with Gasteiger partial charge in [0.05, 0.1) is 4.90 Å². The van der Waals surface area contributed by atoms with E-state index < -0.39 is 21.9 Å². The minimum absolute atomic E-state index is 0.00832. The van der Waals surface area contributed by atoms with Crippen molar-refractivity contribution >= 4 is 10.0 Å². The van der Waals surface area contributed by atoms with Crippen LogP contribution in [0.3, 0.4) is 0 Å². The van der Waals surface area contributed by atoms with Gasteiger partial charge in [-0.1, -0.05) is 0 Å². The zero-order valence-corrected chi connectivity index (χ0v) is 14.8. The summed E-state index contributed by atoms with van der Waals surface area (Å²) in [7, 11) is -3.92. The van der Waals surface area contributed by atoms with Crippen LogP contribution in [0, 0.1) is 0 Å². The lowest BCUT2D eigenvalue weighted by Crippen LogP contribution is -2.12. The maximum atomic E-state index is 13.2. The number of benzene rings is 2. The summed E-state index contributed by atoms with van der Waals surface area (Å²) in [6.07, 6.45) is -3.82. The number of hydrogen-bond donors (Lipinski definition) is 1. The molecule has 2 aromatic carbocycles. The number of imidazole rings is 1. The second-order valence-electron chi connectivity index (χ2n) is 5.92. The lowest BCUT2D eigenvalue weighted by atomic mass is 10.2. The Bertz CT molecular complexity index is 1160. The molecular weight excluding hydrogens is 399 g/mol. The largest absolute Gasteiger partial charge is 0.454 e. The van der Waals surface area contributed by atoms with Gasteiger partial charge in [0.25, 0.3) is 0 Å². The van der Waals surface area contributed by atoms with Crippen LogP contribution in [0.5, 0.6) is 11.5 Å². The Labute approximate surface area is 157 Å². The first kappa shape index (κ1) is 18.3. The van der Waals surface area contributed by atoms with E-state index in [1.54, 1.807) is 12.1 Å². The number of halogens is 3. The van der Waals surface area contributed by atoms with Crippen molar-refractivity contribution in [2.75, 3.05) is 6.79 Å². The number of nitrogens with two attached hydrogens (primary N) is 1. The summed E-state index contributed by atoms with van der Waals surface area (Å²) >= 11 is 0. The van der Waals surface area contributed by atoms with Gasteiger partial charge in [0.15, 0.2) is 17.2 Å². The average Bonchev–Trinajstić information content (AvgIpc) is 3.27. The third-order valence-corrected chi connectivity index (χ3v) is 5.00. The van der Waals surface area contributed by atoms with E-state index >= 15 is 0 Å². The lowest BCUT2D eigenvalue weighted by molar-refractivity contribution is -0.140. The molecule has 4 rings (SSSR count). The number of nitrogens with zero attached hydrogens (tertiary/aromatic N) is 2. The molecular formula is C17H12F3N3O4S. The molecule has 0 saturated heterocycles. The number of alkyl halides is 3. The first-order valence-electron chi connectivity index (χ1n) is 7.83. The minimum atomic E-state index is -4.66. The third-order valence-electron chi connectivity index (χ3n) is 4.07. The van der Waals surface area contributed by atoms with Crippen molar-refractivity contribution < 1.29 is 31.1 Å². The highest BCUT2D eigenvalue weighted by Gasteiger charge is 2.35. The summed E-state index contributed by atoms with van der Waals surface area (Å²) in [5.74, 6) is 0.884. The molecule has 146 valence electrons. The first-order valence-corrected chi connectivity index (χ1v) is 9.37. The monoisotopic (exact) mass is 411 g/mol. The molecule has 28 heavy (non-hydrogen) atoms. The normalized spacial score (nSPS) is 13.7. The highest BCUT2D eigenvalue weighted by Crippen LogP contribution is 2.38. The summed E-state index contributed by atoms with van der Waals surface area (Å²) in [5.41, 5.74) is -0.436. The maximum absolute atomic E-state index is 13.2. The first-order chi connectivity index (χ1) is 13.1. The van der Waals surface area contributed by atoms with Crippen LogP contribution in [0.4, 0.5) is 13.2 Å². The van der Waals surface area contributed by atoms with Crippen LogP contribution in [0.15, 0.2) is 53.6 Å². The lowest BCUT2D eigenvalue weighted by Gasteiger charge is -2.09. The number of ether oxygens (including phenoxy) is 2. The SMILES string of the molecule is NS(=O)(=O)c1ccc(-n2cc(C(F)(F)F)nc2-c2ccc3c(c2)OCO3)cc1. The minimum Gasteiger partial charge on any atom is -0.454 e. The molecule has 11 heteroatoms. The van der Waals surface area contributed by atoms with E-state index in [9.17, 15) is 21.6 Å². The molecule has 1 aliphatic heterocycles. The van der Waals surface area contributed by atoms with Gasteiger partial charge in [-0.25, -0.2) is 18.5 Å². The Hall–Kier alpha value is -3.05. The predicted molar refractivity (Wildman–Crippen MR) is 91.5 cm³/mol. The van der Waals surface area contributed by atoms with E-state index in [1.165, 1.54) is 34.9 Å². The molecule has 2 heterocycles. The molecule has 0 unspecified atom stereocenters. The van der Waals surface area contributed by atoms with Crippen molar-refractivity contribution in [1.82, 2.24) is 9.55 Å². The van der Waals surface area contributed by atoms with E-state index in [0.29, 0.717) is 17.1 Å². The second kappa shape index (κ2) is 6.24. The van der Waals surface area contributed by atoms with Crippen LogP contribution in [-0.4, -0.2) is 24.8 Å². The van der Waals surface area contributed by atoms with Crippen molar-refractivity contribution in [2.45, 2.75) is 11.1 Å². The number of primary sulfonamides is 1. The Balaban J connectivity index is 1.86. The van der Waals surface area contributed by atoms with Crippen LogP contribution in [-0.2, 0) is 16.2 Å². The fourth-order valence-corrected chi connectivity index (χ4v) is 3.26. The van der Waals surface area contributed by atoms with Crippen LogP contribution in [0.1, 0.15) is 5.69 Å². The summed E-state index contributed by atoms with van der Waals surface area (Å²) in [6.45, 7) is 0.0239. The van der Waals surface area contributed by atoms with Gasteiger partial charge in [0.2, 0.25) is 16.8 Å². The highest BCUT2D eigenvalue weighted by molar-refractivity contribution is 7.89. The predicted octanol–water partition coefficient (Wildman–Crippen LogP) is 2.93. The van der Waals surface area contributed by atoms with Gasteiger partial charge >= 0.3 is 6.18 Å². The van der Waals surface area contributed by atoms with Gasteiger partial charge in [0.1, 0.15) is 5.82 Å². The highest BCUT2D eigenvalue weighted by atomic mass is 32.2. The molecule has 0 saturated carbocycles. The van der Waals surface area contributed by atoms with E-state index in [1.807, 2.05) is 0 Å². The van der Waals surface area contributed by atoms with Crippen molar-refractivity contribution in [3.63, 3.8) is 0 Å². The van der Waals surface area contributed by atoms with E-state index in [-0.39, 0.29) is 23.2 Å². The molecule has 1 aliphatic rings. The molecule has 0 spiro atoms. The van der Waals surface area contributed by atoms with Crippen molar-refractivity contribution in [3.8, 4) is 28.6 Å². The van der Waals surface area contributed by atoms with Gasteiger partial charge in [-0.3, -0.25) is 4.57 Å². The van der Waals surface area contributed by atoms with Gasteiger partial charge in [-0.05, 0) is 42.5 Å². The van der Waals surface area contributed by atoms with E-state index in [0.717, 1.165) is 6.20 Å². The summed E-state index contributed by atoms with van der Waals surface area (Å²) < 4.78 is 74.2. The third kappa shape index (κ3) is 3.29. The van der Waals surface area contributed by atoms with Crippen molar-refractivity contribution in [3.05, 3.63) is 54.4 Å². The van der Waals surface area contributed by atoms with Gasteiger partial charge in [-0.15, -0.1) is 0 Å². The van der Waals surface area contributed by atoms with Gasteiger partial charge < -0.3 is 9.47 Å². The van der Waals surface area contributed by atoms with Crippen LogP contribution in [0.25, 0.3) is 17.1 Å². The zero-order valence-electron chi connectivity index (χ0n) is 14.0. The molecule has 7 nitrogen and oxygen atoms in total. The molecule has 0 bridgehead atoms. The Morgan fingerprint density at radius 1 is 1.04 bits per heavy atom. The van der Waals surface area contributed by atoms with Gasteiger partial charge in [-0.2, -0.15) is 13.2 Å². The summed E-state index contributed by atoms with van der Waals surface area (Å²) in [4.78, 5) is 3.57. The molecule has 2 N–H and O–H groups in total. The molecule has 3 aromatic rings. The Morgan fingerprint density at radius 3 is 2.36 bits per heavy atom. The fraction of sp³-hybridized carbons (Fsp3) is 0.118. The van der Waals surface area contributed by atoms with Gasteiger partial charge in [0, 0.05) is 17.4 Å². The van der Waals surface area contributed by atoms with Crippen molar-refractivity contribution in [2.24, 2.45) is 5.14 Å². The number of rotatable bonds is 3. The summed E-state index contributed by atoms with van der Waals surface area (Å²) in [6, 6.07) is 9.78. The van der Waals surface area contributed by atoms with Crippen LogP contribution >= 0.6 is 0 Å².